The molecule has 0 spiro atoms. The summed E-state index contributed by atoms with van der Waals surface area (Å²) in [6, 6.07) is 11.4. The summed E-state index contributed by atoms with van der Waals surface area (Å²) in [6.07, 6.45) is 1.72. The SMILES string of the molecule is CCOC(=O)C1=C(C)N=c2sc(=Cc3ccc(O)c(OCC)c3)c(=O)n2C1c1ccc(OC)cc1. The van der Waals surface area contributed by atoms with Crippen LogP contribution in [0.3, 0.4) is 0 Å². The highest BCUT2D eigenvalue weighted by Gasteiger charge is 2.33. The predicted octanol–water partition coefficient (Wildman–Crippen LogP) is 2.91. The number of aromatic nitrogens is 1. The third-order valence-corrected chi connectivity index (χ3v) is 6.51. The van der Waals surface area contributed by atoms with Gasteiger partial charge in [0.2, 0.25) is 0 Å². The molecular formula is C26H26N2O6S. The molecule has 0 amide bonds. The number of ether oxygens (including phenoxy) is 3. The van der Waals surface area contributed by atoms with Crippen molar-refractivity contribution in [2.24, 2.45) is 4.99 Å². The molecule has 0 aliphatic carbocycles. The van der Waals surface area contributed by atoms with Crippen molar-refractivity contribution in [3.8, 4) is 17.2 Å². The van der Waals surface area contributed by atoms with Crippen LogP contribution in [0.4, 0.5) is 0 Å². The van der Waals surface area contributed by atoms with Gasteiger partial charge < -0.3 is 19.3 Å². The van der Waals surface area contributed by atoms with Crippen LogP contribution in [-0.2, 0) is 9.53 Å². The number of phenols is 1. The average molecular weight is 495 g/mol. The number of phenolic OH excluding ortho intramolecular Hbond substituents is 1. The molecule has 2 heterocycles. The van der Waals surface area contributed by atoms with Crippen LogP contribution < -0.4 is 24.4 Å². The number of carbonyl (C=O) groups excluding carboxylic acids is 1. The maximum Gasteiger partial charge on any atom is 0.338 e. The van der Waals surface area contributed by atoms with Gasteiger partial charge in [0.05, 0.1) is 42.2 Å². The van der Waals surface area contributed by atoms with E-state index in [2.05, 4.69) is 4.99 Å². The van der Waals surface area contributed by atoms with Crippen LogP contribution in [0.25, 0.3) is 6.08 Å². The molecule has 0 bridgehead atoms. The van der Waals surface area contributed by atoms with Crippen LogP contribution in [0, 0.1) is 0 Å². The fourth-order valence-electron chi connectivity index (χ4n) is 3.94. The van der Waals surface area contributed by atoms with Crippen molar-refractivity contribution in [3.05, 3.63) is 84.5 Å². The standard InChI is InChI=1S/C26H26N2O6S/c1-5-33-20-13-16(7-12-19(20)29)14-21-24(30)28-23(17-8-10-18(32-4)11-9-17)22(25(31)34-6-2)15(3)27-26(28)35-21/h7-14,23,29H,5-6H2,1-4H3. The lowest BCUT2D eigenvalue weighted by Gasteiger charge is -2.24. The van der Waals surface area contributed by atoms with Gasteiger partial charge in [0.25, 0.3) is 5.56 Å². The average Bonchev–Trinajstić information content (AvgIpc) is 3.15. The Bertz CT molecular complexity index is 1470. The minimum absolute atomic E-state index is 0.0275. The molecule has 1 aromatic heterocycles. The van der Waals surface area contributed by atoms with Crippen LogP contribution in [0.2, 0.25) is 0 Å². The summed E-state index contributed by atoms with van der Waals surface area (Å²) in [5, 5.41) is 10.00. The van der Waals surface area contributed by atoms with E-state index in [1.54, 1.807) is 51.3 Å². The normalized spacial score (nSPS) is 15.4. The molecule has 1 aliphatic rings. The number of methoxy groups -OCH3 is 1. The van der Waals surface area contributed by atoms with Crippen molar-refractivity contribution in [2.75, 3.05) is 20.3 Å². The first-order valence-electron chi connectivity index (χ1n) is 11.2. The molecule has 0 fully saturated rings. The van der Waals surface area contributed by atoms with Crippen molar-refractivity contribution >= 4 is 23.4 Å². The summed E-state index contributed by atoms with van der Waals surface area (Å²) in [7, 11) is 1.58. The maximum absolute atomic E-state index is 13.6. The molecule has 35 heavy (non-hydrogen) atoms. The van der Waals surface area contributed by atoms with Gasteiger partial charge in [-0.2, -0.15) is 0 Å². The number of rotatable bonds is 7. The second kappa shape index (κ2) is 10.2. The lowest BCUT2D eigenvalue weighted by atomic mass is 9.96. The maximum atomic E-state index is 13.6. The lowest BCUT2D eigenvalue weighted by molar-refractivity contribution is -0.139. The number of fused-ring (bicyclic) bond motifs is 1. The van der Waals surface area contributed by atoms with Crippen LogP contribution >= 0.6 is 11.3 Å². The van der Waals surface area contributed by atoms with Crippen molar-refractivity contribution in [1.29, 1.82) is 0 Å². The molecular weight excluding hydrogens is 468 g/mol. The minimum Gasteiger partial charge on any atom is -0.504 e. The van der Waals surface area contributed by atoms with Crippen molar-refractivity contribution < 1.29 is 24.1 Å². The monoisotopic (exact) mass is 494 g/mol. The fraction of sp³-hybridized carbons (Fsp3) is 0.269. The third-order valence-electron chi connectivity index (χ3n) is 5.53. The van der Waals surface area contributed by atoms with Gasteiger partial charge in [0.15, 0.2) is 16.3 Å². The van der Waals surface area contributed by atoms with Crippen LogP contribution in [0.1, 0.15) is 37.9 Å². The topological polar surface area (TPSA) is 99.4 Å². The van der Waals surface area contributed by atoms with Crippen molar-refractivity contribution in [3.63, 3.8) is 0 Å². The molecule has 0 radical (unpaired) electrons. The lowest BCUT2D eigenvalue weighted by Crippen LogP contribution is -2.39. The molecule has 0 saturated carbocycles. The van der Waals surface area contributed by atoms with Gasteiger partial charge in [-0.05, 0) is 62.2 Å². The zero-order valence-corrected chi connectivity index (χ0v) is 20.7. The van der Waals surface area contributed by atoms with Gasteiger partial charge in [-0.1, -0.05) is 29.5 Å². The number of benzene rings is 2. The Morgan fingerprint density at radius 3 is 2.57 bits per heavy atom. The molecule has 1 N–H and O–H groups in total. The number of hydrogen-bond donors (Lipinski definition) is 1. The highest BCUT2D eigenvalue weighted by Crippen LogP contribution is 2.32. The van der Waals surface area contributed by atoms with Crippen LogP contribution in [-0.4, -0.2) is 36.0 Å². The molecule has 1 unspecified atom stereocenters. The van der Waals surface area contributed by atoms with E-state index in [-0.39, 0.29) is 17.9 Å². The molecule has 1 atom stereocenters. The van der Waals surface area contributed by atoms with Gasteiger partial charge in [-0.3, -0.25) is 9.36 Å². The van der Waals surface area contributed by atoms with E-state index >= 15 is 0 Å². The molecule has 182 valence electrons. The Hall–Kier alpha value is -3.85. The molecule has 8 nitrogen and oxygen atoms in total. The van der Waals surface area contributed by atoms with Gasteiger partial charge in [-0.25, -0.2) is 9.79 Å². The molecule has 1 aliphatic heterocycles. The fourth-order valence-corrected chi connectivity index (χ4v) is 4.98. The number of hydrogen-bond acceptors (Lipinski definition) is 8. The summed E-state index contributed by atoms with van der Waals surface area (Å²) in [5.41, 5.74) is 1.97. The summed E-state index contributed by atoms with van der Waals surface area (Å²) >= 11 is 1.23. The first kappa shape index (κ1) is 24.3. The number of allylic oxidation sites excluding steroid dienone is 1. The quantitative estimate of drug-likeness (QED) is 0.507. The highest BCUT2D eigenvalue weighted by molar-refractivity contribution is 7.07. The predicted molar refractivity (Wildman–Crippen MR) is 133 cm³/mol. The number of esters is 1. The van der Waals surface area contributed by atoms with E-state index in [4.69, 9.17) is 14.2 Å². The van der Waals surface area contributed by atoms with Crippen molar-refractivity contribution in [1.82, 2.24) is 4.57 Å². The smallest absolute Gasteiger partial charge is 0.338 e. The summed E-state index contributed by atoms with van der Waals surface area (Å²) in [6.45, 7) is 5.91. The van der Waals surface area contributed by atoms with E-state index < -0.39 is 12.0 Å². The van der Waals surface area contributed by atoms with Gasteiger partial charge in [0.1, 0.15) is 5.75 Å². The number of thiazole rings is 1. The number of nitrogens with zero attached hydrogens (tertiary/aromatic N) is 2. The zero-order valence-electron chi connectivity index (χ0n) is 19.9. The molecule has 0 saturated heterocycles. The van der Waals surface area contributed by atoms with Gasteiger partial charge in [-0.15, -0.1) is 0 Å². The minimum atomic E-state index is -0.697. The number of aromatic hydroxyl groups is 1. The third kappa shape index (κ3) is 4.72. The van der Waals surface area contributed by atoms with Crippen LogP contribution in [0.5, 0.6) is 17.2 Å². The van der Waals surface area contributed by atoms with Crippen molar-refractivity contribution in [2.45, 2.75) is 26.8 Å². The van der Waals surface area contributed by atoms with Crippen LogP contribution in [0.15, 0.2) is 63.5 Å². The van der Waals surface area contributed by atoms with E-state index in [1.165, 1.54) is 22.0 Å². The first-order valence-corrected chi connectivity index (χ1v) is 12.0. The first-order chi connectivity index (χ1) is 16.9. The Kier molecular flexibility index (Phi) is 7.07. The summed E-state index contributed by atoms with van der Waals surface area (Å²) < 4.78 is 18.0. The summed E-state index contributed by atoms with van der Waals surface area (Å²) in [5.74, 6) is 0.519. The molecule has 9 heteroatoms. The Labute approximate surface area is 206 Å². The molecule has 4 rings (SSSR count). The second-order valence-corrected chi connectivity index (χ2v) is 8.74. The Morgan fingerprint density at radius 2 is 1.91 bits per heavy atom. The van der Waals surface area contributed by atoms with Gasteiger partial charge in [0, 0.05) is 0 Å². The van der Waals surface area contributed by atoms with E-state index in [1.807, 2.05) is 19.1 Å². The van der Waals surface area contributed by atoms with E-state index in [0.717, 1.165) is 5.56 Å². The molecule has 3 aromatic rings. The largest absolute Gasteiger partial charge is 0.504 e. The molecule has 2 aromatic carbocycles. The van der Waals surface area contributed by atoms with Gasteiger partial charge >= 0.3 is 5.97 Å². The van der Waals surface area contributed by atoms with E-state index in [9.17, 15) is 14.7 Å². The van der Waals surface area contributed by atoms with E-state index in [0.29, 0.717) is 44.3 Å². The Balaban J connectivity index is 1.91. The summed E-state index contributed by atoms with van der Waals surface area (Å²) in [4.78, 5) is 31.6. The second-order valence-electron chi connectivity index (χ2n) is 7.74. The number of carbonyl (C=O) groups is 1. The highest BCUT2D eigenvalue weighted by atomic mass is 32.1. The zero-order chi connectivity index (χ0) is 25.1. The Morgan fingerprint density at radius 1 is 1.17 bits per heavy atom.